The van der Waals surface area contributed by atoms with Crippen molar-refractivity contribution in [2.75, 3.05) is 0 Å². The molecule has 1 N–H and O–H groups in total. The minimum atomic E-state index is 0.825. The molecule has 0 aliphatic rings. The second kappa shape index (κ2) is 2.79. The maximum Gasteiger partial charge on any atom is 0.0654 e. The molecule has 62 valence electrons. The molecule has 0 aliphatic heterocycles. The Balaban J connectivity index is 2.83. The van der Waals surface area contributed by atoms with Gasteiger partial charge < -0.3 is 0 Å². The summed E-state index contributed by atoms with van der Waals surface area (Å²) in [5, 5.41) is 8.84. The van der Waals surface area contributed by atoms with Gasteiger partial charge in [0.25, 0.3) is 0 Å². The van der Waals surface area contributed by atoms with Crippen molar-refractivity contribution in [3.05, 3.63) is 28.9 Å². The largest absolute Gasteiger partial charge is 0.278 e. The van der Waals surface area contributed by atoms with E-state index in [1.807, 2.05) is 18.3 Å². The van der Waals surface area contributed by atoms with Crippen molar-refractivity contribution in [2.24, 2.45) is 0 Å². The van der Waals surface area contributed by atoms with Crippen LogP contribution in [0.2, 0.25) is 5.02 Å². The van der Waals surface area contributed by atoms with Gasteiger partial charge in [-0.15, -0.1) is 0 Å². The van der Waals surface area contributed by atoms with Crippen LogP contribution in [0.15, 0.2) is 18.3 Å². The average molecular weight is 181 g/mol. The van der Waals surface area contributed by atoms with E-state index >= 15 is 0 Å². The number of aryl methyl sites for hydroxylation is 1. The highest BCUT2D eigenvalue weighted by molar-refractivity contribution is 6.32. The first-order valence-corrected chi connectivity index (χ1v) is 4.31. The fourth-order valence-electron chi connectivity index (χ4n) is 1.41. The molecule has 0 saturated carbocycles. The summed E-state index contributed by atoms with van der Waals surface area (Å²) in [4.78, 5) is 0. The molecule has 0 fully saturated rings. The molecule has 3 heteroatoms. The Morgan fingerprint density at radius 2 is 2.33 bits per heavy atom. The molecule has 0 atom stereocenters. The molecule has 12 heavy (non-hydrogen) atoms. The van der Waals surface area contributed by atoms with Crippen LogP contribution in [-0.4, -0.2) is 10.2 Å². The molecule has 1 aromatic carbocycles. The van der Waals surface area contributed by atoms with E-state index in [-0.39, 0.29) is 0 Å². The van der Waals surface area contributed by atoms with E-state index in [0.29, 0.717) is 0 Å². The lowest BCUT2D eigenvalue weighted by Crippen LogP contribution is -1.82. The number of aromatic amines is 1. The normalized spacial score (nSPS) is 10.8. The van der Waals surface area contributed by atoms with E-state index in [9.17, 15) is 0 Å². The lowest BCUT2D eigenvalue weighted by molar-refractivity contribution is 1.12. The third kappa shape index (κ3) is 0.994. The van der Waals surface area contributed by atoms with Crippen LogP contribution in [0, 0.1) is 0 Å². The minimum Gasteiger partial charge on any atom is -0.278 e. The molecule has 0 amide bonds. The van der Waals surface area contributed by atoms with Crippen molar-refractivity contribution in [3.63, 3.8) is 0 Å². The van der Waals surface area contributed by atoms with Crippen molar-refractivity contribution >= 4 is 22.5 Å². The van der Waals surface area contributed by atoms with Crippen LogP contribution >= 0.6 is 11.6 Å². The number of H-pyrrole nitrogens is 1. The van der Waals surface area contributed by atoms with Crippen molar-refractivity contribution < 1.29 is 0 Å². The van der Waals surface area contributed by atoms with Gasteiger partial charge in [-0.25, -0.2) is 0 Å². The monoisotopic (exact) mass is 180 g/mol. The molecule has 1 aromatic heterocycles. The van der Waals surface area contributed by atoms with Crippen molar-refractivity contribution in [1.82, 2.24) is 10.2 Å². The predicted octanol–water partition coefficient (Wildman–Crippen LogP) is 2.78. The van der Waals surface area contributed by atoms with Gasteiger partial charge in [0.15, 0.2) is 0 Å². The molecule has 0 aliphatic carbocycles. The van der Waals surface area contributed by atoms with Gasteiger partial charge in [-0.05, 0) is 24.1 Å². The molecule has 0 radical (unpaired) electrons. The SMILES string of the molecule is CCc1c(Cl)ccc2[nH]ncc12. The molecule has 0 bridgehead atoms. The second-order valence-corrected chi connectivity index (χ2v) is 3.12. The summed E-state index contributed by atoms with van der Waals surface area (Å²) in [6.45, 7) is 2.09. The minimum absolute atomic E-state index is 0.825. The Bertz CT molecular complexity index is 406. The smallest absolute Gasteiger partial charge is 0.0654 e. The number of nitrogens with zero attached hydrogens (tertiary/aromatic N) is 1. The molecule has 0 unspecified atom stereocenters. The summed E-state index contributed by atoms with van der Waals surface area (Å²) in [6.07, 6.45) is 2.76. The Kier molecular flexibility index (Phi) is 1.77. The summed E-state index contributed by atoms with van der Waals surface area (Å²) < 4.78 is 0. The van der Waals surface area contributed by atoms with Gasteiger partial charge in [-0.2, -0.15) is 5.10 Å². The third-order valence-electron chi connectivity index (χ3n) is 2.03. The molecular weight excluding hydrogens is 172 g/mol. The van der Waals surface area contributed by atoms with Gasteiger partial charge in [0.05, 0.1) is 11.7 Å². The van der Waals surface area contributed by atoms with Crippen LogP contribution in [0.5, 0.6) is 0 Å². The lowest BCUT2D eigenvalue weighted by Gasteiger charge is -2.00. The number of nitrogens with one attached hydrogen (secondary N) is 1. The number of halogens is 1. The average Bonchev–Trinajstić information content (AvgIpc) is 2.52. The molecule has 2 aromatic rings. The highest BCUT2D eigenvalue weighted by atomic mass is 35.5. The number of aromatic nitrogens is 2. The fraction of sp³-hybridized carbons (Fsp3) is 0.222. The van der Waals surface area contributed by atoms with Gasteiger partial charge in [0.2, 0.25) is 0 Å². The van der Waals surface area contributed by atoms with Gasteiger partial charge in [-0.1, -0.05) is 18.5 Å². The van der Waals surface area contributed by atoms with Crippen LogP contribution < -0.4 is 0 Å². The molecule has 0 spiro atoms. The molecule has 1 heterocycles. The van der Waals surface area contributed by atoms with E-state index in [1.165, 1.54) is 5.56 Å². The van der Waals surface area contributed by atoms with Gasteiger partial charge in [0, 0.05) is 10.4 Å². The predicted molar refractivity (Wildman–Crippen MR) is 50.5 cm³/mol. The summed E-state index contributed by atoms with van der Waals surface area (Å²) in [5.74, 6) is 0. The number of rotatable bonds is 1. The number of fused-ring (bicyclic) bond motifs is 1. The Labute approximate surface area is 75.5 Å². The van der Waals surface area contributed by atoms with Crippen molar-refractivity contribution in [1.29, 1.82) is 0 Å². The molecule has 0 saturated heterocycles. The Hall–Kier alpha value is -1.02. The van der Waals surface area contributed by atoms with Gasteiger partial charge in [-0.3, -0.25) is 5.10 Å². The quantitative estimate of drug-likeness (QED) is 0.719. The van der Waals surface area contributed by atoms with E-state index in [2.05, 4.69) is 17.1 Å². The van der Waals surface area contributed by atoms with E-state index < -0.39 is 0 Å². The molecular formula is C9H9ClN2. The van der Waals surface area contributed by atoms with Crippen molar-refractivity contribution in [3.8, 4) is 0 Å². The lowest BCUT2D eigenvalue weighted by atomic mass is 10.1. The van der Waals surface area contributed by atoms with E-state index in [0.717, 1.165) is 22.3 Å². The van der Waals surface area contributed by atoms with Crippen LogP contribution in [0.3, 0.4) is 0 Å². The van der Waals surface area contributed by atoms with E-state index in [4.69, 9.17) is 11.6 Å². The zero-order chi connectivity index (χ0) is 8.55. The van der Waals surface area contributed by atoms with Crippen molar-refractivity contribution in [2.45, 2.75) is 13.3 Å². The van der Waals surface area contributed by atoms with Crippen LogP contribution in [0.25, 0.3) is 10.9 Å². The summed E-state index contributed by atoms with van der Waals surface area (Å²) >= 11 is 6.02. The molecule has 2 nitrogen and oxygen atoms in total. The van der Waals surface area contributed by atoms with Crippen LogP contribution in [-0.2, 0) is 6.42 Å². The molecule has 2 rings (SSSR count). The highest BCUT2D eigenvalue weighted by Crippen LogP contribution is 2.24. The summed E-state index contributed by atoms with van der Waals surface area (Å²) in [7, 11) is 0. The first-order chi connectivity index (χ1) is 5.83. The van der Waals surface area contributed by atoms with Gasteiger partial charge >= 0.3 is 0 Å². The maximum absolute atomic E-state index is 6.02. The van der Waals surface area contributed by atoms with Crippen LogP contribution in [0.1, 0.15) is 12.5 Å². The summed E-state index contributed by atoms with van der Waals surface area (Å²) in [5.41, 5.74) is 2.22. The second-order valence-electron chi connectivity index (χ2n) is 2.71. The number of hydrogen-bond acceptors (Lipinski definition) is 1. The third-order valence-corrected chi connectivity index (χ3v) is 2.39. The zero-order valence-corrected chi connectivity index (χ0v) is 7.52. The topological polar surface area (TPSA) is 28.7 Å². The summed E-state index contributed by atoms with van der Waals surface area (Å²) in [6, 6.07) is 3.85. The Morgan fingerprint density at radius 1 is 1.50 bits per heavy atom. The first kappa shape index (κ1) is 7.62. The number of benzene rings is 1. The fourth-order valence-corrected chi connectivity index (χ4v) is 1.71. The van der Waals surface area contributed by atoms with Crippen LogP contribution in [0.4, 0.5) is 0 Å². The van der Waals surface area contributed by atoms with Gasteiger partial charge in [0.1, 0.15) is 0 Å². The highest BCUT2D eigenvalue weighted by Gasteiger charge is 2.04. The standard InChI is InChI=1S/C9H9ClN2/c1-2-6-7-5-11-12-9(7)4-3-8(6)10/h3-5H,2H2,1H3,(H,11,12). The first-order valence-electron chi connectivity index (χ1n) is 3.93. The maximum atomic E-state index is 6.02. The Morgan fingerprint density at radius 3 is 3.08 bits per heavy atom. The zero-order valence-electron chi connectivity index (χ0n) is 6.76. The number of hydrogen-bond donors (Lipinski definition) is 1. The van der Waals surface area contributed by atoms with E-state index in [1.54, 1.807) is 0 Å².